The lowest BCUT2D eigenvalue weighted by Gasteiger charge is -2.19. The maximum Gasteiger partial charge on any atom is 0.416 e. The number of carbonyl (C=O) groups is 2. The molecule has 2 aromatic carbocycles. The van der Waals surface area contributed by atoms with Crippen LogP contribution in [0.15, 0.2) is 47.8 Å². The Balaban J connectivity index is 1.79. The Morgan fingerprint density at radius 3 is 2.58 bits per heavy atom. The minimum absolute atomic E-state index is 0.0194. The van der Waals surface area contributed by atoms with Crippen molar-refractivity contribution in [1.29, 1.82) is 0 Å². The number of anilines is 2. The van der Waals surface area contributed by atoms with Gasteiger partial charge in [-0.3, -0.25) is 9.69 Å². The molecule has 0 atom stereocenters. The van der Waals surface area contributed by atoms with E-state index < -0.39 is 23.6 Å². The summed E-state index contributed by atoms with van der Waals surface area (Å²) in [6.07, 6.45) is -4.55. The maximum atomic E-state index is 13.0. The van der Waals surface area contributed by atoms with Gasteiger partial charge in [-0.15, -0.1) is 11.3 Å². The lowest BCUT2D eigenvalue weighted by molar-refractivity contribution is -0.137. The average molecular weight is 489 g/mol. The molecule has 1 heterocycles. The van der Waals surface area contributed by atoms with Crippen LogP contribution in [-0.4, -0.2) is 16.9 Å². The molecule has 0 fully saturated rings. The van der Waals surface area contributed by atoms with Gasteiger partial charge in [0.05, 0.1) is 27.5 Å². The van der Waals surface area contributed by atoms with Gasteiger partial charge in [0.2, 0.25) is 5.91 Å². The number of hydrogen-bond donors (Lipinski definition) is 0. The van der Waals surface area contributed by atoms with Gasteiger partial charge < -0.3 is 4.74 Å². The molecule has 0 aliphatic rings. The van der Waals surface area contributed by atoms with Crippen LogP contribution in [0.2, 0.25) is 10.0 Å². The van der Waals surface area contributed by atoms with Crippen molar-refractivity contribution in [3.63, 3.8) is 0 Å². The van der Waals surface area contributed by atoms with Gasteiger partial charge in [-0.25, -0.2) is 9.78 Å². The van der Waals surface area contributed by atoms with Crippen LogP contribution in [0.1, 0.15) is 28.5 Å². The Labute approximate surface area is 189 Å². The number of carbonyl (C=O) groups excluding carboxylic acids is 2. The van der Waals surface area contributed by atoms with E-state index in [1.165, 1.54) is 42.6 Å². The lowest BCUT2D eigenvalue weighted by Crippen LogP contribution is -2.23. The SMILES string of the molecule is CC(=O)N(c1cccc(C(F)(F)F)c1)c1nc(COC(=O)c2cc(Cl)ccc2Cl)cs1. The fourth-order valence-electron chi connectivity index (χ4n) is 2.58. The summed E-state index contributed by atoms with van der Waals surface area (Å²) in [6.45, 7) is 0.981. The summed E-state index contributed by atoms with van der Waals surface area (Å²) >= 11 is 12.8. The summed E-state index contributed by atoms with van der Waals surface area (Å²) in [5, 5.41) is 2.15. The van der Waals surface area contributed by atoms with Crippen LogP contribution in [0, 0.1) is 0 Å². The Morgan fingerprint density at radius 1 is 1.16 bits per heavy atom. The molecular formula is C20H13Cl2F3N2O3S. The van der Waals surface area contributed by atoms with Crippen molar-refractivity contribution < 1.29 is 27.5 Å². The number of halogens is 5. The maximum absolute atomic E-state index is 13.0. The van der Waals surface area contributed by atoms with E-state index in [1.54, 1.807) is 0 Å². The first kappa shape index (κ1) is 23.1. The zero-order chi connectivity index (χ0) is 22.8. The normalized spacial score (nSPS) is 11.3. The molecule has 0 aliphatic heterocycles. The third-order valence-corrected chi connectivity index (χ3v) is 5.42. The first-order valence-corrected chi connectivity index (χ1v) is 10.2. The predicted octanol–water partition coefficient (Wildman–Crippen LogP) is 6.51. The van der Waals surface area contributed by atoms with Gasteiger partial charge in [0.1, 0.15) is 6.61 Å². The van der Waals surface area contributed by atoms with Crippen LogP contribution < -0.4 is 4.90 Å². The van der Waals surface area contributed by atoms with E-state index in [4.69, 9.17) is 27.9 Å². The Kier molecular flexibility index (Phi) is 6.88. The van der Waals surface area contributed by atoms with Gasteiger partial charge in [-0.05, 0) is 36.4 Å². The number of thiazole rings is 1. The van der Waals surface area contributed by atoms with Crippen LogP contribution in [0.25, 0.3) is 0 Å². The highest BCUT2D eigenvalue weighted by atomic mass is 35.5. The Hall–Kier alpha value is -2.62. The minimum atomic E-state index is -4.55. The van der Waals surface area contributed by atoms with Crippen LogP contribution in [-0.2, 0) is 22.3 Å². The highest BCUT2D eigenvalue weighted by Crippen LogP contribution is 2.35. The van der Waals surface area contributed by atoms with E-state index in [9.17, 15) is 22.8 Å². The molecule has 31 heavy (non-hydrogen) atoms. The molecular weight excluding hydrogens is 476 g/mol. The summed E-state index contributed by atoms with van der Waals surface area (Å²) in [7, 11) is 0. The minimum Gasteiger partial charge on any atom is -0.456 e. The van der Waals surface area contributed by atoms with E-state index in [2.05, 4.69) is 4.98 Å². The van der Waals surface area contributed by atoms with Gasteiger partial charge in [0, 0.05) is 17.3 Å². The number of benzene rings is 2. The molecule has 3 rings (SSSR count). The van der Waals surface area contributed by atoms with Crippen molar-refractivity contribution in [2.45, 2.75) is 19.7 Å². The highest BCUT2D eigenvalue weighted by molar-refractivity contribution is 7.14. The standard InChI is InChI=1S/C20H13Cl2F3N2O3S/c1-11(28)27(15-4-2-3-12(7-15)20(23,24)25)19-26-14(10-31-19)9-30-18(29)16-8-13(21)5-6-17(16)22/h2-8,10H,9H2,1H3. The summed E-state index contributed by atoms with van der Waals surface area (Å²) in [4.78, 5) is 29.6. The number of ether oxygens (including phenoxy) is 1. The largest absolute Gasteiger partial charge is 0.456 e. The third-order valence-electron chi connectivity index (χ3n) is 3.98. The third kappa shape index (κ3) is 5.55. The summed E-state index contributed by atoms with van der Waals surface area (Å²) in [6, 6.07) is 8.71. The van der Waals surface area contributed by atoms with Gasteiger partial charge in [0.15, 0.2) is 5.13 Å². The zero-order valence-corrected chi connectivity index (χ0v) is 18.1. The number of rotatable bonds is 5. The number of esters is 1. The molecule has 0 unspecified atom stereocenters. The molecule has 0 saturated heterocycles. The topological polar surface area (TPSA) is 59.5 Å². The van der Waals surface area contributed by atoms with Crippen LogP contribution in [0.4, 0.5) is 24.0 Å². The van der Waals surface area contributed by atoms with Gasteiger partial charge in [-0.2, -0.15) is 13.2 Å². The molecule has 0 spiro atoms. The molecule has 0 N–H and O–H groups in total. The second kappa shape index (κ2) is 9.25. The molecule has 0 bridgehead atoms. The van der Waals surface area contributed by atoms with Gasteiger partial charge in [0.25, 0.3) is 0 Å². The summed E-state index contributed by atoms with van der Waals surface area (Å²) < 4.78 is 44.3. The van der Waals surface area contributed by atoms with Crippen LogP contribution in [0.3, 0.4) is 0 Å². The van der Waals surface area contributed by atoms with Crippen molar-refractivity contribution >= 4 is 57.2 Å². The quantitative estimate of drug-likeness (QED) is 0.384. The molecule has 1 aromatic heterocycles. The van der Waals surface area contributed by atoms with Gasteiger partial charge >= 0.3 is 12.1 Å². The summed E-state index contributed by atoms with van der Waals surface area (Å²) in [5.74, 6) is -1.24. The number of aromatic nitrogens is 1. The lowest BCUT2D eigenvalue weighted by atomic mass is 10.2. The first-order chi connectivity index (χ1) is 14.6. The molecule has 0 aliphatic carbocycles. The summed E-state index contributed by atoms with van der Waals surface area (Å²) in [5.41, 5.74) is -0.477. The Morgan fingerprint density at radius 2 is 1.90 bits per heavy atom. The number of hydrogen-bond acceptors (Lipinski definition) is 5. The predicted molar refractivity (Wildman–Crippen MR) is 112 cm³/mol. The molecule has 0 saturated carbocycles. The van der Waals surface area contributed by atoms with Crippen LogP contribution >= 0.6 is 34.5 Å². The zero-order valence-electron chi connectivity index (χ0n) is 15.7. The van der Waals surface area contributed by atoms with E-state index >= 15 is 0 Å². The van der Waals surface area contributed by atoms with Crippen LogP contribution in [0.5, 0.6) is 0 Å². The molecule has 11 heteroatoms. The number of nitrogens with zero attached hydrogens (tertiary/aromatic N) is 2. The number of amides is 1. The smallest absolute Gasteiger partial charge is 0.416 e. The second-order valence-corrected chi connectivity index (χ2v) is 7.90. The average Bonchev–Trinajstić information content (AvgIpc) is 3.16. The fourth-order valence-corrected chi connectivity index (χ4v) is 3.82. The second-order valence-electron chi connectivity index (χ2n) is 6.22. The van der Waals surface area contributed by atoms with Crippen molar-refractivity contribution in [3.8, 4) is 0 Å². The Bertz CT molecular complexity index is 1130. The van der Waals surface area contributed by atoms with Crippen molar-refractivity contribution in [2.24, 2.45) is 0 Å². The molecule has 5 nitrogen and oxygen atoms in total. The molecule has 162 valence electrons. The molecule has 3 aromatic rings. The van der Waals surface area contributed by atoms with Crippen molar-refractivity contribution in [2.75, 3.05) is 4.90 Å². The fraction of sp³-hybridized carbons (Fsp3) is 0.150. The number of alkyl halides is 3. The monoisotopic (exact) mass is 488 g/mol. The van der Waals surface area contributed by atoms with E-state index in [1.807, 2.05) is 0 Å². The van der Waals surface area contributed by atoms with Crippen molar-refractivity contribution in [1.82, 2.24) is 4.98 Å². The van der Waals surface area contributed by atoms with Gasteiger partial charge in [-0.1, -0.05) is 29.3 Å². The van der Waals surface area contributed by atoms with E-state index in [-0.39, 0.29) is 28.0 Å². The van der Waals surface area contributed by atoms with E-state index in [0.717, 1.165) is 28.4 Å². The highest BCUT2D eigenvalue weighted by Gasteiger charge is 2.31. The van der Waals surface area contributed by atoms with Crippen molar-refractivity contribution in [3.05, 3.63) is 74.7 Å². The van der Waals surface area contributed by atoms with E-state index in [0.29, 0.717) is 10.7 Å². The first-order valence-electron chi connectivity index (χ1n) is 8.61. The molecule has 0 radical (unpaired) electrons. The molecule has 1 amide bonds.